The molecule has 2 heterocycles. The molecule has 178 valence electrons. The van der Waals surface area contributed by atoms with Crippen LogP contribution in [0.15, 0.2) is 67.1 Å². The number of carbonyl (C=O) groups excluding carboxylic acids is 1. The molecule has 34 heavy (non-hydrogen) atoms. The van der Waals surface area contributed by atoms with E-state index in [1.165, 1.54) is 11.3 Å². The largest absolute Gasteiger partial charge is 0.480 e. The van der Waals surface area contributed by atoms with E-state index in [1.54, 1.807) is 6.33 Å². The predicted molar refractivity (Wildman–Crippen MR) is 132 cm³/mol. The van der Waals surface area contributed by atoms with Crippen molar-refractivity contribution in [3.63, 3.8) is 0 Å². The molecule has 4 rings (SSSR count). The molecular weight excluding hydrogens is 428 g/mol. The minimum Gasteiger partial charge on any atom is -0.480 e. The maximum atomic E-state index is 12.9. The van der Waals surface area contributed by atoms with Crippen molar-refractivity contribution in [3.05, 3.63) is 83.9 Å². The van der Waals surface area contributed by atoms with E-state index in [0.717, 1.165) is 25.1 Å². The lowest BCUT2D eigenvalue weighted by molar-refractivity contribution is -0.142. The second-order valence-electron chi connectivity index (χ2n) is 8.91. The van der Waals surface area contributed by atoms with E-state index in [2.05, 4.69) is 46.4 Å². The Kier molecular flexibility index (Phi) is 7.62. The Morgan fingerprint density at radius 1 is 1.09 bits per heavy atom. The second-order valence-corrected chi connectivity index (χ2v) is 8.91. The van der Waals surface area contributed by atoms with Crippen molar-refractivity contribution in [2.45, 2.75) is 45.2 Å². The molecule has 1 saturated heterocycles. The van der Waals surface area contributed by atoms with Crippen LogP contribution in [0.25, 0.3) is 0 Å². The number of carboxylic acids is 1. The number of hydrogen-bond acceptors (Lipinski definition) is 4. The summed E-state index contributed by atoms with van der Waals surface area (Å²) in [6.07, 6.45) is 6.12. The van der Waals surface area contributed by atoms with Crippen molar-refractivity contribution in [1.82, 2.24) is 14.9 Å². The Morgan fingerprint density at radius 2 is 1.82 bits per heavy atom. The van der Waals surface area contributed by atoms with E-state index in [0.29, 0.717) is 25.1 Å². The molecule has 7 heteroatoms. The molecule has 7 nitrogen and oxygen atoms in total. The number of amides is 1. The standard InChI is InChI=1S/C27H32N4O3/c1-2-20-9-6-10-24(15-20)31-13-11-22(12-14-31)26(32)29-25(27(33)34)16-23-18-30(19-28-23)17-21-7-4-3-5-8-21/h3-10,15,18-19,22,25H,2,11-14,16-17H2,1H3,(H,29,32)(H,33,34). The second kappa shape index (κ2) is 11.0. The third-order valence-electron chi connectivity index (χ3n) is 6.47. The summed E-state index contributed by atoms with van der Waals surface area (Å²) in [6, 6.07) is 17.5. The van der Waals surface area contributed by atoms with Crippen LogP contribution >= 0.6 is 0 Å². The van der Waals surface area contributed by atoms with Crippen molar-refractivity contribution in [2.24, 2.45) is 5.92 Å². The molecule has 1 aliphatic heterocycles. The van der Waals surface area contributed by atoms with Crippen LogP contribution in [-0.2, 0) is 29.0 Å². The molecule has 1 unspecified atom stereocenters. The van der Waals surface area contributed by atoms with Gasteiger partial charge in [-0.15, -0.1) is 0 Å². The van der Waals surface area contributed by atoms with Crippen molar-refractivity contribution < 1.29 is 14.7 Å². The Labute approximate surface area is 200 Å². The summed E-state index contributed by atoms with van der Waals surface area (Å²) in [5.74, 6) is -1.40. The number of carboxylic acid groups (broad SMARTS) is 1. The van der Waals surface area contributed by atoms with Gasteiger partial charge in [-0.3, -0.25) is 4.79 Å². The molecule has 1 aliphatic rings. The molecule has 0 aliphatic carbocycles. The van der Waals surface area contributed by atoms with Gasteiger partial charge in [-0.25, -0.2) is 9.78 Å². The third-order valence-corrected chi connectivity index (χ3v) is 6.47. The molecule has 0 saturated carbocycles. The summed E-state index contributed by atoms with van der Waals surface area (Å²) in [7, 11) is 0. The van der Waals surface area contributed by atoms with Crippen LogP contribution in [0.2, 0.25) is 0 Å². The van der Waals surface area contributed by atoms with Gasteiger partial charge in [0.05, 0.1) is 12.0 Å². The van der Waals surface area contributed by atoms with E-state index in [-0.39, 0.29) is 18.2 Å². The van der Waals surface area contributed by atoms with Gasteiger partial charge in [-0.1, -0.05) is 49.4 Å². The fraction of sp³-hybridized carbons (Fsp3) is 0.370. The summed E-state index contributed by atoms with van der Waals surface area (Å²) < 4.78 is 1.93. The molecule has 0 bridgehead atoms. The Balaban J connectivity index is 1.31. The van der Waals surface area contributed by atoms with Gasteiger partial charge >= 0.3 is 5.97 Å². The molecule has 1 amide bonds. The number of aryl methyl sites for hydroxylation is 1. The Morgan fingerprint density at radius 3 is 2.53 bits per heavy atom. The lowest BCUT2D eigenvalue weighted by atomic mass is 9.94. The summed E-state index contributed by atoms with van der Waals surface area (Å²) in [5, 5.41) is 12.5. The number of nitrogens with zero attached hydrogens (tertiary/aromatic N) is 3. The zero-order valence-corrected chi connectivity index (χ0v) is 19.6. The van der Waals surface area contributed by atoms with E-state index < -0.39 is 12.0 Å². The lowest BCUT2D eigenvalue weighted by Crippen LogP contribution is -2.47. The van der Waals surface area contributed by atoms with Gasteiger partial charge in [0.1, 0.15) is 6.04 Å². The number of piperidine rings is 1. The predicted octanol–water partition coefficient (Wildman–Crippen LogP) is 3.52. The van der Waals surface area contributed by atoms with Gasteiger partial charge in [-0.05, 0) is 42.5 Å². The maximum absolute atomic E-state index is 12.9. The highest BCUT2D eigenvalue weighted by molar-refractivity contribution is 5.85. The molecule has 1 fully saturated rings. The highest BCUT2D eigenvalue weighted by atomic mass is 16.4. The number of imidazole rings is 1. The van der Waals surface area contributed by atoms with E-state index in [1.807, 2.05) is 41.1 Å². The first kappa shape index (κ1) is 23.5. The molecule has 1 aromatic heterocycles. The summed E-state index contributed by atoms with van der Waals surface area (Å²) in [5.41, 5.74) is 4.28. The molecule has 2 aromatic carbocycles. The van der Waals surface area contributed by atoms with Crippen LogP contribution in [0.4, 0.5) is 5.69 Å². The minimum atomic E-state index is -1.04. The maximum Gasteiger partial charge on any atom is 0.326 e. The number of rotatable bonds is 9. The van der Waals surface area contributed by atoms with E-state index in [4.69, 9.17) is 0 Å². The minimum absolute atomic E-state index is 0.158. The molecule has 2 N–H and O–H groups in total. The monoisotopic (exact) mass is 460 g/mol. The first-order valence-electron chi connectivity index (χ1n) is 11.9. The lowest BCUT2D eigenvalue weighted by Gasteiger charge is -2.33. The van der Waals surface area contributed by atoms with Gasteiger partial charge in [0.25, 0.3) is 0 Å². The quantitative estimate of drug-likeness (QED) is 0.510. The zero-order valence-electron chi connectivity index (χ0n) is 19.6. The zero-order chi connectivity index (χ0) is 23.9. The number of aromatic nitrogens is 2. The van der Waals surface area contributed by atoms with Crippen molar-refractivity contribution in [2.75, 3.05) is 18.0 Å². The molecular formula is C27H32N4O3. The molecule has 3 aromatic rings. The normalized spacial score (nSPS) is 15.1. The van der Waals surface area contributed by atoms with E-state index >= 15 is 0 Å². The van der Waals surface area contributed by atoms with E-state index in [9.17, 15) is 14.7 Å². The van der Waals surface area contributed by atoms with Gasteiger partial charge in [0, 0.05) is 43.9 Å². The van der Waals surface area contributed by atoms with Gasteiger partial charge in [0.2, 0.25) is 5.91 Å². The first-order chi connectivity index (χ1) is 16.5. The average molecular weight is 461 g/mol. The summed E-state index contributed by atoms with van der Waals surface area (Å²) in [4.78, 5) is 31.4. The van der Waals surface area contributed by atoms with Gasteiger partial charge in [0.15, 0.2) is 0 Å². The fourth-order valence-electron chi connectivity index (χ4n) is 4.46. The van der Waals surface area contributed by atoms with Crippen LogP contribution in [0.3, 0.4) is 0 Å². The van der Waals surface area contributed by atoms with Crippen LogP contribution in [0.5, 0.6) is 0 Å². The number of benzene rings is 2. The van der Waals surface area contributed by atoms with Crippen molar-refractivity contribution >= 4 is 17.6 Å². The number of carbonyl (C=O) groups is 2. The number of nitrogens with one attached hydrogen (secondary N) is 1. The van der Waals surface area contributed by atoms with Crippen LogP contribution < -0.4 is 10.2 Å². The molecule has 0 radical (unpaired) electrons. The smallest absolute Gasteiger partial charge is 0.326 e. The molecule has 1 atom stereocenters. The first-order valence-corrected chi connectivity index (χ1v) is 11.9. The highest BCUT2D eigenvalue weighted by Gasteiger charge is 2.29. The number of hydrogen-bond donors (Lipinski definition) is 2. The van der Waals surface area contributed by atoms with Gasteiger partial charge in [-0.2, -0.15) is 0 Å². The Bertz CT molecular complexity index is 1100. The van der Waals surface area contributed by atoms with Crippen LogP contribution in [0.1, 0.15) is 36.6 Å². The SMILES string of the molecule is CCc1cccc(N2CCC(C(=O)NC(Cc3cn(Cc4ccccc4)cn3)C(=O)O)CC2)c1. The summed E-state index contributed by atoms with van der Waals surface area (Å²) >= 11 is 0. The summed E-state index contributed by atoms with van der Waals surface area (Å²) in [6.45, 7) is 4.37. The highest BCUT2D eigenvalue weighted by Crippen LogP contribution is 2.24. The van der Waals surface area contributed by atoms with Crippen LogP contribution in [-0.4, -0.2) is 45.7 Å². The topological polar surface area (TPSA) is 87.5 Å². The Hall–Kier alpha value is -3.61. The average Bonchev–Trinajstić information content (AvgIpc) is 3.31. The van der Waals surface area contributed by atoms with Crippen LogP contribution in [0, 0.1) is 5.92 Å². The van der Waals surface area contributed by atoms with Crippen molar-refractivity contribution in [1.29, 1.82) is 0 Å². The molecule has 0 spiro atoms. The van der Waals surface area contributed by atoms with Gasteiger partial charge < -0.3 is 19.9 Å². The van der Waals surface area contributed by atoms with Crippen molar-refractivity contribution in [3.8, 4) is 0 Å². The third kappa shape index (κ3) is 6.04. The fourth-order valence-corrected chi connectivity index (χ4v) is 4.46. The number of aliphatic carboxylic acids is 1. The number of anilines is 1.